The van der Waals surface area contributed by atoms with Gasteiger partial charge in [-0.25, -0.2) is 0 Å². The van der Waals surface area contributed by atoms with E-state index in [0.717, 1.165) is 28.2 Å². The van der Waals surface area contributed by atoms with Gasteiger partial charge in [0.1, 0.15) is 0 Å². The van der Waals surface area contributed by atoms with Crippen LogP contribution in [-0.4, -0.2) is 10.4 Å². The van der Waals surface area contributed by atoms with Crippen LogP contribution in [0.25, 0.3) is 55.1 Å². The Labute approximate surface area is 313 Å². The number of benzene rings is 8. The second-order valence-corrected chi connectivity index (χ2v) is 14.6. The molecule has 1 spiro atoms. The smallest absolute Gasteiger partial charge is 0.0760 e. The first-order chi connectivity index (χ1) is 26.8. The van der Waals surface area contributed by atoms with Crippen LogP contribution < -0.4 is 0 Å². The van der Waals surface area contributed by atoms with Crippen LogP contribution in [0.4, 0.5) is 5.69 Å². The van der Waals surface area contributed by atoms with E-state index in [4.69, 9.17) is 10.3 Å². The monoisotopic (exact) mass is 686 g/mol. The van der Waals surface area contributed by atoms with E-state index in [1.54, 1.807) is 0 Å². The number of amidine groups is 1. The van der Waals surface area contributed by atoms with Crippen molar-refractivity contribution in [1.82, 2.24) is 4.57 Å². The highest BCUT2D eigenvalue weighted by Crippen LogP contribution is 2.62. The largest absolute Gasteiger partial charge is 0.453 e. The fourth-order valence-corrected chi connectivity index (χ4v) is 9.84. The standard InChI is InChI=1S/C51H32N3/c1-2-14-32(15-3-1)33-28-30-34(31-29-33)48-39-18-5-9-25-44(39)52-50(53-48)40-21-12-19-37-35-16-4-7-22-41(35)51(47(37)40)42-23-8-11-27-46(42)54-45-26-10-6-17-36(45)38-20-13-24-43(51)49(38)54/h1-31,48H/q-1. The summed E-state index contributed by atoms with van der Waals surface area (Å²) in [5.74, 6) is 0.769. The van der Waals surface area contributed by atoms with Gasteiger partial charge in [-0.15, -0.1) is 0 Å². The van der Waals surface area contributed by atoms with E-state index in [2.05, 4.69) is 193 Å². The predicted octanol–water partition coefficient (Wildman–Crippen LogP) is 12.7. The third kappa shape index (κ3) is 3.83. The third-order valence-corrected chi connectivity index (χ3v) is 12.0. The average molecular weight is 687 g/mol. The molecule has 0 saturated carbocycles. The molecule has 3 heterocycles. The molecule has 3 aliphatic rings. The first kappa shape index (κ1) is 29.6. The molecule has 0 N–H and O–H groups in total. The number of fused-ring (bicyclic) bond motifs is 13. The van der Waals surface area contributed by atoms with Crippen molar-refractivity contribution in [3.05, 3.63) is 232 Å². The van der Waals surface area contributed by atoms with Crippen molar-refractivity contribution in [3.8, 4) is 27.9 Å². The van der Waals surface area contributed by atoms with Crippen LogP contribution in [0, 0.1) is 0 Å². The fraction of sp³-hybridized carbons (Fsp3) is 0.0392. The fourth-order valence-electron chi connectivity index (χ4n) is 9.84. The number of para-hydroxylation sites is 4. The molecule has 12 rings (SSSR count). The van der Waals surface area contributed by atoms with Crippen LogP contribution in [-0.2, 0) is 5.41 Å². The van der Waals surface area contributed by atoms with Crippen molar-refractivity contribution < 1.29 is 0 Å². The normalized spacial score (nSPS) is 17.4. The Balaban J connectivity index is 1.13. The van der Waals surface area contributed by atoms with Gasteiger partial charge in [0.05, 0.1) is 22.1 Å². The van der Waals surface area contributed by atoms with E-state index in [0.29, 0.717) is 0 Å². The maximum Gasteiger partial charge on any atom is 0.0760 e. The highest BCUT2D eigenvalue weighted by molar-refractivity contribution is 6.17. The lowest BCUT2D eigenvalue weighted by atomic mass is 9.64. The van der Waals surface area contributed by atoms with Gasteiger partial charge in [0.15, 0.2) is 0 Å². The molecule has 0 fully saturated rings. The minimum Gasteiger partial charge on any atom is -0.453 e. The molecule has 0 amide bonds. The molecule has 2 aliphatic heterocycles. The van der Waals surface area contributed by atoms with Gasteiger partial charge in [0.2, 0.25) is 0 Å². The van der Waals surface area contributed by atoms with Crippen molar-refractivity contribution in [2.75, 3.05) is 0 Å². The highest BCUT2D eigenvalue weighted by Gasteiger charge is 2.52. The number of hydrogen-bond donors (Lipinski definition) is 0. The van der Waals surface area contributed by atoms with Crippen LogP contribution in [0.2, 0.25) is 0 Å². The highest BCUT2D eigenvalue weighted by atomic mass is 15.1. The molecule has 1 aromatic heterocycles. The molecule has 2 unspecified atom stereocenters. The van der Waals surface area contributed by atoms with Gasteiger partial charge in [-0.1, -0.05) is 182 Å². The van der Waals surface area contributed by atoms with Crippen molar-refractivity contribution in [3.63, 3.8) is 0 Å². The van der Waals surface area contributed by atoms with Crippen molar-refractivity contribution >= 4 is 33.3 Å². The number of aliphatic imine (C=N–C) groups is 1. The minimum atomic E-state index is -0.592. The summed E-state index contributed by atoms with van der Waals surface area (Å²) >= 11 is 0. The summed E-state index contributed by atoms with van der Waals surface area (Å²) in [6, 6.07) is 68.3. The number of hydrogen-bond acceptors (Lipinski definition) is 1. The Morgan fingerprint density at radius 1 is 0.481 bits per heavy atom. The van der Waals surface area contributed by atoms with Gasteiger partial charge in [0.25, 0.3) is 0 Å². The first-order valence-electron chi connectivity index (χ1n) is 18.7. The maximum atomic E-state index is 5.61. The van der Waals surface area contributed by atoms with Crippen LogP contribution in [0.15, 0.2) is 193 Å². The lowest BCUT2D eigenvalue weighted by Crippen LogP contribution is -2.35. The average Bonchev–Trinajstić information content (AvgIpc) is 3.75. The Hall–Kier alpha value is -6.97. The second kappa shape index (κ2) is 11.0. The van der Waals surface area contributed by atoms with E-state index in [1.165, 1.54) is 72.0 Å². The van der Waals surface area contributed by atoms with E-state index in [-0.39, 0.29) is 6.04 Å². The third-order valence-electron chi connectivity index (χ3n) is 12.0. The van der Waals surface area contributed by atoms with Crippen molar-refractivity contribution in [2.24, 2.45) is 4.99 Å². The van der Waals surface area contributed by atoms with Crippen LogP contribution in [0.1, 0.15) is 45.0 Å². The Morgan fingerprint density at radius 3 is 2.04 bits per heavy atom. The summed E-state index contributed by atoms with van der Waals surface area (Å²) in [5, 5.41) is 8.15. The Kier molecular flexibility index (Phi) is 6.04. The van der Waals surface area contributed by atoms with Crippen molar-refractivity contribution in [1.29, 1.82) is 0 Å². The van der Waals surface area contributed by atoms with Crippen LogP contribution in [0.3, 0.4) is 0 Å². The molecular formula is C51H32N3-. The molecule has 54 heavy (non-hydrogen) atoms. The van der Waals surface area contributed by atoms with E-state index >= 15 is 0 Å². The molecule has 0 bridgehead atoms. The molecule has 252 valence electrons. The van der Waals surface area contributed by atoms with Gasteiger partial charge in [-0.05, 0) is 79.0 Å². The summed E-state index contributed by atoms with van der Waals surface area (Å²) in [5.41, 5.74) is 17.4. The van der Waals surface area contributed by atoms with E-state index in [1.807, 2.05) is 0 Å². The van der Waals surface area contributed by atoms with Gasteiger partial charge >= 0.3 is 0 Å². The number of rotatable bonds is 3. The topological polar surface area (TPSA) is 31.4 Å². The maximum absolute atomic E-state index is 5.61. The molecule has 3 heteroatoms. The first-order valence-corrected chi connectivity index (χ1v) is 18.7. The minimum absolute atomic E-state index is 0.196. The number of nitrogens with zero attached hydrogens (tertiary/aromatic N) is 3. The zero-order chi connectivity index (χ0) is 35.4. The number of aromatic nitrogens is 1. The van der Waals surface area contributed by atoms with Crippen LogP contribution >= 0.6 is 0 Å². The molecule has 1 aliphatic carbocycles. The molecular weight excluding hydrogens is 655 g/mol. The lowest BCUT2D eigenvalue weighted by Gasteiger charge is -2.42. The van der Waals surface area contributed by atoms with E-state index in [9.17, 15) is 0 Å². The SMILES string of the molecule is c1ccc(-c2ccc(C3[N-]C(c4cccc5c4C4(c6ccccc6-5)c5ccccc5-n5c6ccccc6c6cccc4c65)=Nc4ccccc43)cc2)cc1. The van der Waals surface area contributed by atoms with Gasteiger partial charge in [0, 0.05) is 16.8 Å². The molecule has 0 radical (unpaired) electrons. The Bertz CT molecular complexity index is 3020. The summed E-state index contributed by atoms with van der Waals surface area (Å²) < 4.78 is 2.50. The zero-order valence-electron chi connectivity index (χ0n) is 29.3. The van der Waals surface area contributed by atoms with Crippen molar-refractivity contribution in [2.45, 2.75) is 11.5 Å². The predicted molar refractivity (Wildman–Crippen MR) is 221 cm³/mol. The summed E-state index contributed by atoms with van der Waals surface area (Å²) in [6.07, 6.45) is 0. The van der Waals surface area contributed by atoms with E-state index < -0.39 is 5.41 Å². The molecule has 8 aromatic carbocycles. The lowest BCUT2D eigenvalue weighted by molar-refractivity contribution is 0.746. The van der Waals surface area contributed by atoms with Gasteiger partial charge in [-0.2, -0.15) is 0 Å². The summed E-state index contributed by atoms with van der Waals surface area (Å²) in [4.78, 5) is 5.40. The second-order valence-electron chi connectivity index (χ2n) is 14.6. The van der Waals surface area contributed by atoms with Gasteiger partial charge in [-0.3, -0.25) is 0 Å². The zero-order valence-corrected chi connectivity index (χ0v) is 29.3. The summed E-state index contributed by atoms with van der Waals surface area (Å²) in [7, 11) is 0. The van der Waals surface area contributed by atoms with Crippen LogP contribution in [0.5, 0.6) is 0 Å². The van der Waals surface area contributed by atoms with Gasteiger partial charge < -0.3 is 14.9 Å². The molecule has 2 atom stereocenters. The Morgan fingerprint density at radius 2 is 1.13 bits per heavy atom. The summed E-state index contributed by atoms with van der Waals surface area (Å²) in [6.45, 7) is 0. The molecule has 9 aromatic rings. The molecule has 3 nitrogen and oxygen atoms in total. The molecule has 0 saturated heterocycles. The quantitative estimate of drug-likeness (QED) is 0.177.